The molecule has 2 heterocycles. The number of rotatable bonds is 7. The highest BCUT2D eigenvalue weighted by molar-refractivity contribution is 7.99. The zero-order valence-corrected chi connectivity index (χ0v) is 18.5. The number of nitrogens with zero attached hydrogens (tertiary/aromatic N) is 2. The summed E-state index contributed by atoms with van der Waals surface area (Å²) in [6, 6.07) is 6.14. The van der Waals surface area contributed by atoms with E-state index in [1.165, 1.54) is 28.0 Å². The summed E-state index contributed by atoms with van der Waals surface area (Å²) >= 11 is 3.07. The standard InChI is InChI=1S/C20H24N4O4S2/c1-3-28-18(25)8-14-4-6-15(7-5-14)23-20(27)24-12-29-11-17(24)19(26)21-9-16-10-30-13(2)22-16/h4-7,10,17H,3,8-9,11-12H2,1-2H3,(H,21,26)(H,23,27)/t17-/m1/s1. The van der Waals surface area contributed by atoms with Crippen LogP contribution in [0.15, 0.2) is 29.6 Å². The summed E-state index contributed by atoms with van der Waals surface area (Å²) in [6.07, 6.45) is 0.186. The van der Waals surface area contributed by atoms with Crippen LogP contribution < -0.4 is 10.6 Å². The van der Waals surface area contributed by atoms with E-state index in [4.69, 9.17) is 4.74 Å². The molecule has 0 bridgehead atoms. The minimum Gasteiger partial charge on any atom is -0.466 e. The molecule has 10 heteroatoms. The molecule has 1 aliphatic heterocycles. The van der Waals surface area contributed by atoms with Gasteiger partial charge in [-0.15, -0.1) is 23.1 Å². The first-order valence-electron chi connectivity index (χ1n) is 9.55. The van der Waals surface area contributed by atoms with E-state index in [-0.39, 0.29) is 24.3 Å². The van der Waals surface area contributed by atoms with Gasteiger partial charge in [0.05, 0.1) is 36.2 Å². The number of hydrogen-bond donors (Lipinski definition) is 2. The molecular weight excluding hydrogens is 424 g/mol. The van der Waals surface area contributed by atoms with Gasteiger partial charge in [-0.3, -0.25) is 9.59 Å². The predicted molar refractivity (Wildman–Crippen MR) is 117 cm³/mol. The molecule has 0 unspecified atom stereocenters. The zero-order chi connectivity index (χ0) is 21.5. The van der Waals surface area contributed by atoms with E-state index in [9.17, 15) is 14.4 Å². The molecule has 1 saturated heterocycles. The Morgan fingerprint density at radius 3 is 2.70 bits per heavy atom. The third-order valence-corrected chi connectivity index (χ3v) is 6.25. The van der Waals surface area contributed by atoms with Crippen LogP contribution in [0.5, 0.6) is 0 Å². The first-order valence-corrected chi connectivity index (χ1v) is 11.6. The maximum absolute atomic E-state index is 12.7. The summed E-state index contributed by atoms with van der Waals surface area (Å²) in [4.78, 5) is 42.7. The van der Waals surface area contributed by atoms with Crippen molar-refractivity contribution in [1.82, 2.24) is 15.2 Å². The number of carbonyl (C=O) groups is 3. The number of nitrogens with one attached hydrogen (secondary N) is 2. The highest BCUT2D eigenvalue weighted by Gasteiger charge is 2.34. The summed E-state index contributed by atoms with van der Waals surface area (Å²) in [5.41, 5.74) is 2.22. The van der Waals surface area contributed by atoms with Crippen LogP contribution in [0.2, 0.25) is 0 Å². The van der Waals surface area contributed by atoms with Crippen LogP contribution in [0.1, 0.15) is 23.2 Å². The number of amides is 3. The molecule has 0 spiro atoms. The van der Waals surface area contributed by atoms with Gasteiger partial charge in [0.15, 0.2) is 0 Å². The maximum Gasteiger partial charge on any atom is 0.323 e. The van der Waals surface area contributed by atoms with Crippen LogP contribution in [0.4, 0.5) is 10.5 Å². The van der Waals surface area contributed by atoms with Crippen molar-refractivity contribution in [1.29, 1.82) is 0 Å². The topological polar surface area (TPSA) is 101 Å². The SMILES string of the molecule is CCOC(=O)Cc1ccc(NC(=O)N2CSC[C@@H]2C(=O)NCc2csc(C)n2)cc1. The lowest BCUT2D eigenvalue weighted by Gasteiger charge is -2.23. The Morgan fingerprint density at radius 2 is 2.03 bits per heavy atom. The van der Waals surface area contributed by atoms with Crippen molar-refractivity contribution in [3.8, 4) is 0 Å². The van der Waals surface area contributed by atoms with E-state index in [0.717, 1.165) is 16.3 Å². The molecule has 160 valence electrons. The Hall–Kier alpha value is -2.59. The van der Waals surface area contributed by atoms with Crippen molar-refractivity contribution in [2.45, 2.75) is 32.9 Å². The molecule has 2 aromatic rings. The summed E-state index contributed by atoms with van der Waals surface area (Å²) in [7, 11) is 0. The molecule has 0 saturated carbocycles. The molecule has 3 amide bonds. The maximum atomic E-state index is 12.7. The minimum absolute atomic E-state index is 0.186. The third-order valence-electron chi connectivity index (χ3n) is 4.42. The van der Waals surface area contributed by atoms with Gasteiger partial charge in [0.25, 0.3) is 0 Å². The number of benzene rings is 1. The Bertz CT molecular complexity index is 900. The first-order chi connectivity index (χ1) is 14.5. The van der Waals surface area contributed by atoms with Crippen molar-refractivity contribution in [2.75, 3.05) is 23.6 Å². The number of aromatic nitrogens is 1. The average molecular weight is 449 g/mol. The van der Waals surface area contributed by atoms with Crippen molar-refractivity contribution in [3.05, 3.63) is 45.9 Å². The Kier molecular flexibility index (Phi) is 7.69. The molecule has 8 nitrogen and oxygen atoms in total. The average Bonchev–Trinajstić information content (AvgIpc) is 3.37. The molecule has 1 aromatic heterocycles. The van der Waals surface area contributed by atoms with Gasteiger partial charge in [0, 0.05) is 16.8 Å². The number of anilines is 1. The molecule has 0 radical (unpaired) electrons. The van der Waals surface area contributed by atoms with E-state index >= 15 is 0 Å². The van der Waals surface area contributed by atoms with E-state index in [2.05, 4.69) is 15.6 Å². The Balaban J connectivity index is 1.53. The van der Waals surface area contributed by atoms with Crippen LogP contribution in [0, 0.1) is 6.92 Å². The Labute approximate surface area is 183 Å². The summed E-state index contributed by atoms with van der Waals surface area (Å²) in [6.45, 7) is 4.38. The molecule has 30 heavy (non-hydrogen) atoms. The van der Waals surface area contributed by atoms with Crippen LogP contribution in [0.25, 0.3) is 0 Å². The van der Waals surface area contributed by atoms with Gasteiger partial charge in [-0.1, -0.05) is 12.1 Å². The quantitative estimate of drug-likeness (QED) is 0.632. The van der Waals surface area contributed by atoms with Crippen LogP contribution in [-0.4, -0.2) is 52.1 Å². The van der Waals surface area contributed by atoms with Crippen molar-refractivity contribution >= 4 is 46.7 Å². The van der Waals surface area contributed by atoms with Crippen LogP contribution in [0.3, 0.4) is 0 Å². The number of carbonyl (C=O) groups excluding carboxylic acids is 3. The Morgan fingerprint density at radius 1 is 1.27 bits per heavy atom. The number of urea groups is 1. The molecule has 1 aromatic carbocycles. The van der Waals surface area contributed by atoms with Gasteiger partial charge in [0.1, 0.15) is 6.04 Å². The second-order valence-corrected chi connectivity index (χ2v) is 8.73. The largest absolute Gasteiger partial charge is 0.466 e. The molecular formula is C20H24N4O4S2. The number of ether oxygens (including phenoxy) is 1. The second-order valence-electron chi connectivity index (χ2n) is 6.67. The molecule has 3 rings (SSSR count). The van der Waals surface area contributed by atoms with Gasteiger partial charge in [-0.2, -0.15) is 0 Å². The van der Waals surface area contributed by atoms with Gasteiger partial charge >= 0.3 is 12.0 Å². The number of thioether (sulfide) groups is 1. The normalized spacial score (nSPS) is 15.7. The van der Waals surface area contributed by atoms with Crippen molar-refractivity contribution in [3.63, 3.8) is 0 Å². The van der Waals surface area contributed by atoms with Gasteiger partial charge < -0.3 is 20.3 Å². The van der Waals surface area contributed by atoms with Crippen molar-refractivity contribution in [2.24, 2.45) is 0 Å². The van der Waals surface area contributed by atoms with Crippen LogP contribution in [-0.2, 0) is 27.3 Å². The molecule has 1 fully saturated rings. The lowest BCUT2D eigenvalue weighted by molar-refractivity contribution is -0.142. The number of thiazole rings is 1. The molecule has 1 atom stereocenters. The van der Waals surface area contributed by atoms with Crippen molar-refractivity contribution < 1.29 is 19.1 Å². The lowest BCUT2D eigenvalue weighted by Crippen LogP contribution is -2.48. The predicted octanol–water partition coefficient (Wildman–Crippen LogP) is 2.78. The minimum atomic E-state index is -0.530. The highest BCUT2D eigenvalue weighted by Crippen LogP contribution is 2.23. The molecule has 2 N–H and O–H groups in total. The van der Waals surface area contributed by atoms with Gasteiger partial charge in [-0.25, -0.2) is 9.78 Å². The molecule has 0 aliphatic carbocycles. The third kappa shape index (κ3) is 5.96. The number of esters is 1. The van der Waals surface area contributed by atoms with Crippen LogP contribution >= 0.6 is 23.1 Å². The second kappa shape index (κ2) is 10.4. The fourth-order valence-corrected chi connectivity index (χ4v) is 4.69. The zero-order valence-electron chi connectivity index (χ0n) is 16.8. The van der Waals surface area contributed by atoms with E-state index in [1.807, 2.05) is 12.3 Å². The van der Waals surface area contributed by atoms with E-state index in [1.54, 1.807) is 31.2 Å². The fraction of sp³-hybridized carbons (Fsp3) is 0.400. The van der Waals surface area contributed by atoms with E-state index < -0.39 is 6.04 Å². The monoisotopic (exact) mass is 448 g/mol. The summed E-state index contributed by atoms with van der Waals surface area (Å²) < 4.78 is 4.93. The molecule has 1 aliphatic rings. The summed E-state index contributed by atoms with van der Waals surface area (Å²) in [5, 5.41) is 8.54. The fourth-order valence-electron chi connectivity index (χ4n) is 2.92. The number of hydrogen-bond acceptors (Lipinski definition) is 7. The lowest BCUT2D eigenvalue weighted by atomic mass is 10.1. The van der Waals surface area contributed by atoms with Gasteiger partial charge in [-0.05, 0) is 31.5 Å². The van der Waals surface area contributed by atoms with Gasteiger partial charge in [0.2, 0.25) is 5.91 Å². The number of aryl methyl sites for hydroxylation is 1. The first kappa shape index (κ1) is 22.1. The summed E-state index contributed by atoms with van der Waals surface area (Å²) in [5.74, 6) is 0.518. The van der Waals surface area contributed by atoms with E-state index in [0.29, 0.717) is 30.5 Å². The highest BCUT2D eigenvalue weighted by atomic mass is 32.2. The smallest absolute Gasteiger partial charge is 0.323 e.